The van der Waals surface area contributed by atoms with Crippen LogP contribution in [0.1, 0.15) is 32.1 Å². The molecule has 2 rings (SSSR count). The lowest BCUT2D eigenvalue weighted by Crippen LogP contribution is -2.55. The van der Waals surface area contributed by atoms with Gasteiger partial charge in [-0.3, -0.25) is 0 Å². The molecule has 0 amide bonds. The molecule has 6 heteroatoms. The normalized spacial score (nSPS) is 36.2. The molecule has 2 unspecified atom stereocenters. The topological polar surface area (TPSA) is 49.4 Å². The maximum absolute atomic E-state index is 11.4. The number of rotatable bonds is 3. The van der Waals surface area contributed by atoms with Gasteiger partial charge >= 0.3 is 0 Å². The third kappa shape index (κ3) is 2.70. The van der Waals surface area contributed by atoms with Gasteiger partial charge in [-0.1, -0.05) is 6.42 Å². The Hall–Kier alpha value is 0.160. The number of piperidine rings is 2. The first-order valence-corrected chi connectivity index (χ1v) is 7.98. The summed E-state index contributed by atoms with van der Waals surface area (Å²) in [6.07, 6.45) is 5.49. The van der Waals surface area contributed by atoms with Crippen molar-refractivity contribution in [2.45, 2.75) is 50.2 Å². The number of hydrogen-bond acceptors (Lipinski definition) is 3. The zero-order valence-corrected chi connectivity index (χ0v) is 11.1. The summed E-state index contributed by atoms with van der Waals surface area (Å²) in [6, 6.07) is 1.15. The lowest BCUT2D eigenvalue weighted by atomic mass is 9.83. The minimum absolute atomic E-state index is 0.0789. The van der Waals surface area contributed by atoms with E-state index in [4.69, 9.17) is 11.6 Å². The van der Waals surface area contributed by atoms with E-state index >= 15 is 0 Å². The molecule has 0 aromatic carbocycles. The zero-order valence-electron chi connectivity index (χ0n) is 9.52. The predicted molar refractivity (Wildman–Crippen MR) is 65.0 cm³/mol. The molecule has 2 aliphatic heterocycles. The van der Waals surface area contributed by atoms with Gasteiger partial charge in [0.05, 0.1) is 0 Å². The number of hydrogen-bond donors (Lipinski definition) is 1. The SMILES string of the molecule is CN1C2CCCC1CC(NS(=O)(=O)CCl)C2. The number of nitrogens with zero attached hydrogens (tertiary/aromatic N) is 1. The number of fused-ring (bicyclic) bond motifs is 2. The molecule has 2 bridgehead atoms. The summed E-state index contributed by atoms with van der Waals surface area (Å²) in [5.74, 6) is 0. The van der Waals surface area contributed by atoms with Crippen LogP contribution in [0.4, 0.5) is 0 Å². The largest absolute Gasteiger partial charge is 0.300 e. The maximum atomic E-state index is 11.4. The van der Waals surface area contributed by atoms with Crippen LogP contribution in [0.25, 0.3) is 0 Å². The van der Waals surface area contributed by atoms with Crippen molar-refractivity contribution < 1.29 is 8.42 Å². The second-order valence-electron chi connectivity index (χ2n) is 4.91. The fraction of sp³-hybridized carbons (Fsp3) is 1.00. The molecule has 0 spiro atoms. The van der Waals surface area contributed by atoms with Crippen LogP contribution in [0.2, 0.25) is 0 Å². The summed E-state index contributed by atoms with van der Waals surface area (Å²) in [7, 11) is -1.12. The molecule has 0 aliphatic carbocycles. The van der Waals surface area contributed by atoms with Crippen molar-refractivity contribution in [3.05, 3.63) is 0 Å². The summed E-state index contributed by atoms with van der Waals surface area (Å²) in [5, 5.41) is -0.339. The number of sulfonamides is 1. The van der Waals surface area contributed by atoms with E-state index < -0.39 is 10.0 Å². The average molecular weight is 267 g/mol. The Balaban J connectivity index is 2.00. The Morgan fingerprint density at radius 1 is 1.31 bits per heavy atom. The first kappa shape index (κ1) is 12.6. The van der Waals surface area contributed by atoms with Gasteiger partial charge in [0.25, 0.3) is 0 Å². The van der Waals surface area contributed by atoms with Crippen LogP contribution in [0.5, 0.6) is 0 Å². The van der Waals surface area contributed by atoms with E-state index in [0.717, 1.165) is 12.8 Å². The van der Waals surface area contributed by atoms with Crippen molar-refractivity contribution in [2.24, 2.45) is 0 Å². The van der Waals surface area contributed by atoms with Crippen LogP contribution >= 0.6 is 11.6 Å². The van der Waals surface area contributed by atoms with E-state index in [-0.39, 0.29) is 11.3 Å². The second-order valence-corrected chi connectivity index (χ2v) is 7.25. The van der Waals surface area contributed by atoms with Crippen molar-refractivity contribution in [2.75, 3.05) is 12.3 Å². The predicted octanol–water partition coefficient (Wildman–Crippen LogP) is 1.12. The van der Waals surface area contributed by atoms with Gasteiger partial charge in [0.1, 0.15) is 5.21 Å². The lowest BCUT2D eigenvalue weighted by molar-refractivity contribution is 0.0536. The molecular formula is C10H19ClN2O2S. The molecule has 2 heterocycles. The Morgan fingerprint density at radius 2 is 1.88 bits per heavy atom. The summed E-state index contributed by atoms with van der Waals surface area (Å²) in [4.78, 5) is 2.41. The van der Waals surface area contributed by atoms with Gasteiger partial charge in [0.15, 0.2) is 0 Å². The second kappa shape index (κ2) is 4.80. The molecule has 94 valence electrons. The Labute approximate surface area is 102 Å². The highest BCUT2D eigenvalue weighted by Gasteiger charge is 2.37. The Morgan fingerprint density at radius 3 is 2.38 bits per heavy atom. The van der Waals surface area contributed by atoms with E-state index in [1.54, 1.807) is 0 Å². The van der Waals surface area contributed by atoms with E-state index in [0.29, 0.717) is 12.1 Å². The highest BCUT2D eigenvalue weighted by molar-refractivity contribution is 7.90. The standard InChI is InChI=1S/C10H19ClN2O2S/c1-13-9-3-2-4-10(13)6-8(5-9)12-16(14,15)7-11/h8-10,12H,2-7H2,1H3. The van der Waals surface area contributed by atoms with Gasteiger partial charge in [-0.15, -0.1) is 11.6 Å². The van der Waals surface area contributed by atoms with E-state index in [1.165, 1.54) is 19.3 Å². The molecule has 16 heavy (non-hydrogen) atoms. The number of alkyl halides is 1. The summed E-state index contributed by atoms with van der Waals surface area (Å²) in [6.45, 7) is 0. The Bertz CT molecular complexity index is 333. The Kier molecular flexibility index (Phi) is 3.79. The summed E-state index contributed by atoms with van der Waals surface area (Å²) < 4.78 is 25.5. The van der Waals surface area contributed by atoms with E-state index in [1.807, 2.05) is 0 Å². The quantitative estimate of drug-likeness (QED) is 0.779. The fourth-order valence-corrected chi connectivity index (χ4v) is 3.95. The monoisotopic (exact) mass is 266 g/mol. The molecule has 2 aliphatic rings. The summed E-state index contributed by atoms with van der Waals surface area (Å²) in [5.41, 5.74) is 0. The molecule has 4 nitrogen and oxygen atoms in total. The fourth-order valence-electron chi connectivity index (χ4n) is 3.00. The molecule has 0 aromatic heterocycles. The minimum Gasteiger partial charge on any atom is -0.300 e. The average Bonchev–Trinajstić information content (AvgIpc) is 2.19. The molecule has 2 fully saturated rings. The van der Waals surface area contributed by atoms with Crippen molar-refractivity contribution in [1.29, 1.82) is 0 Å². The number of nitrogens with one attached hydrogen (secondary N) is 1. The maximum Gasteiger partial charge on any atom is 0.225 e. The van der Waals surface area contributed by atoms with Crippen molar-refractivity contribution in [1.82, 2.24) is 9.62 Å². The van der Waals surface area contributed by atoms with Gasteiger partial charge in [0.2, 0.25) is 10.0 Å². The first-order valence-electron chi connectivity index (χ1n) is 5.80. The van der Waals surface area contributed by atoms with Crippen molar-refractivity contribution >= 4 is 21.6 Å². The van der Waals surface area contributed by atoms with Crippen LogP contribution in [0.3, 0.4) is 0 Å². The molecular weight excluding hydrogens is 248 g/mol. The first-order chi connectivity index (χ1) is 7.52. The third-order valence-electron chi connectivity index (χ3n) is 3.83. The van der Waals surface area contributed by atoms with Gasteiger partial charge in [-0.05, 0) is 32.7 Å². The minimum atomic E-state index is -3.27. The molecule has 0 aromatic rings. The third-order valence-corrected chi connectivity index (χ3v) is 5.67. The molecule has 1 N–H and O–H groups in total. The molecule has 0 radical (unpaired) electrons. The highest BCUT2D eigenvalue weighted by atomic mass is 35.5. The summed E-state index contributed by atoms with van der Waals surface area (Å²) >= 11 is 5.40. The van der Waals surface area contributed by atoms with E-state index in [2.05, 4.69) is 16.7 Å². The van der Waals surface area contributed by atoms with Gasteiger partial charge < -0.3 is 4.90 Å². The van der Waals surface area contributed by atoms with Crippen LogP contribution in [0, 0.1) is 0 Å². The van der Waals surface area contributed by atoms with Gasteiger partial charge in [-0.2, -0.15) is 0 Å². The van der Waals surface area contributed by atoms with Crippen LogP contribution in [-0.4, -0.2) is 43.7 Å². The highest BCUT2D eigenvalue weighted by Crippen LogP contribution is 2.32. The lowest BCUT2D eigenvalue weighted by Gasteiger charge is -2.47. The number of halogens is 1. The van der Waals surface area contributed by atoms with Gasteiger partial charge in [-0.25, -0.2) is 13.1 Å². The van der Waals surface area contributed by atoms with E-state index in [9.17, 15) is 8.42 Å². The van der Waals surface area contributed by atoms with Gasteiger partial charge in [0, 0.05) is 18.1 Å². The van der Waals surface area contributed by atoms with Crippen LogP contribution in [-0.2, 0) is 10.0 Å². The van der Waals surface area contributed by atoms with Crippen molar-refractivity contribution in [3.63, 3.8) is 0 Å². The smallest absolute Gasteiger partial charge is 0.225 e. The van der Waals surface area contributed by atoms with Crippen LogP contribution < -0.4 is 4.72 Å². The zero-order chi connectivity index (χ0) is 11.8. The molecule has 2 saturated heterocycles. The van der Waals surface area contributed by atoms with Crippen molar-refractivity contribution in [3.8, 4) is 0 Å². The molecule has 2 atom stereocenters. The van der Waals surface area contributed by atoms with Crippen LogP contribution in [0.15, 0.2) is 0 Å². The molecule has 0 saturated carbocycles.